The fraction of sp³-hybridized carbons (Fsp3) is 0.333. The minimum Gasteiger partial charge on any atom is -0.481 e. The van der Waals surface area contributed by atoms with Crippen molar-refractivity contribution in [2.45, 2.75) is 32.0 Å². The van der Waals surface area contributed by atoms with Gasteiger partial charge in [0.2, 0.25) is 0 Å². The average Bonchev–Trinajstić information content (AvgIpc) is 3.22. The van der Waals surface area contributed by atoms with Crippen LogP contribution in [-0.2, 0) is 9.53 Å². The highest BCUT2D eigenvalue weighted by Crippen LogP contribution is 2.18. The second-order valence-electron chi connectivity index (χ2n) is 6.59. The minimum absolute atomic E-state index is 0.0369. The molecule has 1 aliphatic rings. The number of nitrogens with one attached hydrogen (secondary N) is 2. The molecule has 0 spiro atoms. The molecule has 3 rings (SSSR count). The highest BCUT2D eigenvalue weighted by atomic mass is 19.1. The molecule has 0 unspecified atom stereocenters. The second-order valence-corrected chi connectivity index (χ2v) is 6.59. The molecule has 6 nitrogen and oxygen atoms in total. The van der Waals surface area contributed by atoms with Gasteiger partial charge in [0.25, 0.3) is 11.8 Å². The third-order valence-corrected chi connectivity index (χ3v) is 4.44. The highest BCUT2D eigenvalue weighted by Gasteiger charge is 2.20. The van der Waals surface area contributed by atoms with Gasteiger partial charge < -0.3 is 20.1 Å². The van der Waals surface area contributed by atoms with Gasteiger partial charge in [-0.15, -0.1) is 0 Å². The fourth-order valence-corrected chi connectivity index (χ4v) is 2.90. The molecule has 148 valence electrons. The van der Waals surface area contributed by atoms with E-state index in [0.717, 1.165) is 19.4 Å². The number of para-hydroxylation sites is 1. The first-order valence-electron chi connectivity index (χ1n) is 9.25. The topological polar surface area (TPSA) is 76.7 Å². The van der Waals surface area contributed by atoms with Crippen molar-refractivity contribution in [3.05, 3.63) is 59.9 Å². The number of anilines is 1. The number of hydrogen-bond acceptors (Lipinski definition) is 4. The molecule has 2 aromatic carbocycles. The number of amides is 2. The van der Waals surface area contributed by atoms with E-state index in [4.69, 9.17) is 9.47 Å². The van der Waals surface area contributed by atoms with Gasteiger partial charge in [0.1, 0.15) is 11.6 Å². The SMILES string of the molecule is C[C@H](Oc1ccc(F)cc1)C(=O)Nc1ccccc1C(=O)NC[C@@H]1CCCO1. The summed E-state index contributed by atoms with van der Waals surface area (Å²) in [5, 5.41) is 5.57. The van der Waals surface area contributed by atoms with Crippen molar-refractivity contribution in [1.82, 2.24) is 5.32 Å². The quantitative estimate of drug-likeness (QED) is 0.767. The van der Waals surface area contributed by atoms with Gasteiger partial charge in [-0.3, -0.25) is 9.59 Å². The fourth-order valence-electron chi connectivity index (χ4n) is 2.90. The summed E-state index contributed by atoms with van der Waals surface area (Å²) < 4.78 is 24.0. The molecule has 1 saturated heterocycles. The smallest absolute Gasteiger partial charge is 0.265 e. The minimum atomic E-state index is -0.825. The molecular formula is C21H23FN2O4. The lowest BCUT2D eigenvalue weighted by Crippen LogP contribution is -2.34. The average molecular weight is 386 g/mol. The number of hydrogen-bond donors (Lipinski definition) is 2. The van der Waals surface area contributed by atoms with E-state index in [1.807, 2.05) is 0 Å². The Balaban J connectivity index is 1.60. The van der Waals surface area contributed by atoms with Gasteiger partial charge in [0.15, 0.2) is 6.10 Å². The van der Waals surface area contributed by atoms with Gasteiger partial charge in [-0.25, -0.2) is 4.39 Å². The zero-order valence-corrected chi connectivity index (χ0v) is 15.6. The van der Waals surface area contributed by atoms with Crippen LogP contribution >= 0.6 is 0 Å². The number of ether oxygens (including phenoxy) is 2. The molecule has 28 heavy (non-hydrogen) atoms. The summed E-state index contributed by atoms with van der Waals surface area (Å²) in [4.78, 5) is 25.0. The van der Waals surface area contributed by atoms with Crippen LogP contribution in [-0.4, -0.2) is 37.2 Å². The zero-order valence-electron chi connectivity index (χ0n) is 15.6. The van der Waals surface area contributed by atoms with Crippen LogP contribution in [0.5, 0.6) is 5.75 Å². The molecule has 2 atom stereocenters. The third-order valence-electron chi connectivity index (χ3n) is 4.44. The highest BCUT2D eigenvalue weighted by molar-refractivity contribution is 6.04. The maximum absolute atomic E-state index is 13.0. The molecule has 0 radical (unpaired) electrons. The summed E-state index contributed by atoms with van der Waals surface area (Å²) in [6.07, 6.45) is 1.14. The summed E-state index contributed by atoms with van der Waals surface area (Å²) in [7, 11) is 0. The van der Waals surface area contributed by atoms with Crippen LogP contribution in [0.2, 0.25) is 0 Å². The molecular weight excluding hydrogens is 363 g/mol. The molecule has 1 aliphatic heterocycles. The molecule has 2 aromatic rings. The largest absolute Gasteiger partial charge is 0.481 e. The Morgan fingerprint density at radius 3 is 2.68 bits per heavy atom. The van der Waals surface area contributed by atoms with Crippen molar-refractivity contribution in [2.75, 3.05) is 18.5 Å². The van der Waals surface area contributed by atoms with Gasteiger partial charge in [-0.2, -0.15) is 0 Å². The first-order valence-corrected chi connectivity index (χ1v) is 9.25. The zero-order chi connectivity index (χ0) is 19.9. The van der Waals surface area contributed by atoms with Gasteiger partial charge in [-0.1, -0.05) is 12.1 Å². The number of benzene rings is 2. The van der Waals surface area contributed by atoms with Crippen LogP contribution in [0, 0.1) is 5.82 Å². The lowest BCUT2D eigenvalue weighted by Gasteiger charge is -2.17. The normalized spacial score (nSPS) is 17.0. The first kappa shape index (κ1) is 19.8. The van der Waals surface area contributed by atoms with Gasteiger partial charge in [-0.05, 0) is 56.2 Å². The summed E-state index contributed by atoms with van der Waals surface area (Å²) in [5.74, 6) is -0.693. The number of rotatable bonds is 7. The molecule has 0 bridgehead atoms. The molecule has 2 N–H and O–H groups in total. The van der Waals surface area contributed by atoms with Gasteiger partial charge in [0, 0.05) is 13.2 Å². The Labute approximate surface area is 163 Å². The Morgan fingerprint density at radius 2 is 1.96 bits per heavy atom. The van der Waals surface area contributed by atoms with Crippen LogP contribution < -0.4 is 15.4 Å². The summed E-state index contributed by atoms with van der Waals surface area (Å²) in [6.45, 7) is 2.74. The lowest BCUT2D eigenvalue weighted by atomic mass is 10.1. The Morgan fingerprint density at radius 1 is 1.21 bits per heavy atom. The molecule has 1 fully saturated rings. The van der Waals surface area contributed by atoms with E-state index in [-0.39, 0.29) is 17.8 Å². The molecule has 0 saturated carbocycles. The maximum atomic E-state index is 13.0. The van der Waals surface area contributed by atoms with Crippen LogP contribution in [0.1, 0.15) is 30.1 Å². The summed E-state index contributed by atoms with van der Waals surface area (Å²) >= 11 is 0. The number of carbonyl (C=O) groups excluding carboxylic acids is 2. The molecule has 7 heteroatoms. The van der Waals surface area contributed by atoms with Crippen molar-refractivity contribution >= 4 is 17.5 Å². The number of halogens is 1. The van der Waals surface area contributed by atoms with Gasteiger partial charge in [0.05, 0.1) is 17.4 Å². The Hall–Kier alpha value is -2.93. The second kappa shape index (κ2) is 9.32. The van der Waals surface area contributed by atoms with E-state index in [2.05, 4.69) is 10.6 Å². The lowest BCUT2D eigenvalue weighted by molar-refractivity contribution is -0.122. The standard InChI is InChI=1S/C21H23FN2O4/c1-14(28-16-10-8-15(22)9-11-16)20(25)24-19-7-3-2-6-18(19)21(26)23-13-17-5-4-12-27-17/h2-3,6-11,14,17H,4-5,12-13H2,1H3,(H,23,26)(H,24,25)/t14-,17-/m0/s1. The van der Waals surface area contributed by atoms with Crippen molar-refractivity contribution in [2.24, 2.45) is 0 Å². The van der Waals surface area contributed by atoms with E-state index in [1.165, 1.54) is 24.3 Å². The van der Waals surface area contributed by atoms with Crippen LogP contribution in [0.25, 0.3) is 0 Å². The Kier molecular flexibility index (Phi) is 6.60. The van der Waals surface area contributed by atoms with E-state index in [0.29, 0.717) is 23.5 Å². The first-order chi connectivity index (χ1) is 13.5. The van der Waals surface area contributed by atoms with Crippen molar-refractivity contribution < 1.29 is 23.5 Å². The predicted octanol–water partition coefficient (Wildman–Crippen LogP) is 3.14. The summed E-state index contributed by atoms with van der Waals surface area (Å²) in [5.41, 5.74) is 0.759. The van der Waals surface area contributed by atoms with E-state index < -0.39 is 12.0 Å². The molecule has 2 amide bonds. The number of carbonyl (C=O) groups is 2. The monoisotopic (exact) mass is 386 g/mol. The van der Waals surface area contributed by atoms with Gasteiger partial charge >= 0.3 is 0 Å². The predicted molar refractivity (Wildman–Crippen MR) is 103 cm³/mol. The van der Waals surface area contributed by atoms with E-state index in [9.17, 15) is 14.0 Å². The molecule has 0 aromatic heterocycles. The Bertz CT molecular complexity index is 819. The van der Waals surface area contributed by atoms with Crippen molar-refractivity contribution in [1.29, 1.82) is 0 Å². The van der Waals surface area contributed by atoms with Crippen molar-refractivity contribution in [3.63, 3.8) is 0 Å². The molecule has 0 aliphatic carbocycles. The third kappa shape index (κ3) is 5.29. The van der Waals surface area contributed by atoms with Crippen LogP contribution in [0.15, 0.2) is 48.5 Å². The van der Waals surface area contributed by atoms with Crippen LogP contribution in [0.3, 0.4) is 0 Å². The van der Waals surface area contributed by atoms with Crippen molar-refractivity contribution in [3.8, 4) is 5.75 Å². The van der Waals surface area contributed by atoms with Crippen LogP contribution in [0.4, 0.5) is 10.1 Å². The van der Waals surface area contributed by atoms with E-state index in [1.54, 1.807) is 31.2 Å². The maximum Gasteiger partial charge on any atom is 0.265 e. The molecule has 1 heterocycles. The van der Waals surface area contributed by atoms with E-state index >= 15 is 0 Å². The summed E-state index contributed by atoms with van der Waals surface area (Å²) in [6, 6.07) is 12.2.